The van der Waals surface area contributed by atoms with Gasteiger partial charge in [0.05, 0.1) is 12.5 Å². The van der Waals surface area contributed by atoms with Gasteiger partial charge in [-0.05, 0) is 5.92 Å². The topological polar surface area (TPSA) is 194 Å². The number of carbonyl (C=O) groups is 5. The summed E-state index contributed by atoms with van der Waals surface area (Å²) in [4.78, 5) is 58.6. The molecule has 28 heavy (non-hydrogen) atoms. The van der Waals surface area contributed by atoms with Crippen molar-refractivity contribution in [3.05, 3.63) is 0 Å². The number of aliphatic carboxylic acids is 1. The largest absolute Gasteiger partial charge is 0.480 e. The molecule has 0 heterocycles. The molecule has 0 saturated carbocycles. The Hall–Kier alpha value is -1.99. The Morgan fingerprint density at radius 3 is 1.68 bits per heavy atom. The van der Waals surface area contributed by atoms with E-state index in [2.05, 4.69) is 41.2 Å². The third-order valence-electron chi connectivity index (χ3n) is 3.62. The van der Waals surface area contributed by atoms with E-state index in [0.29, 0.717) is 0 Å². The fourth-order valence-corrected chi connectivity index (χ4v) is 2.53. The highest BCUT2D eigenvalue weighted by Gasteiger charge is 2.30. The second-order valence-electron chi connectivity index (χ2n) is 6.33. The van der Waals surface area contributed by atoms with Crippen LogP contribution in [0.2, 0.25) is 0 Å². The summed E-state index contributed by atoms with van der Waals surface area (Å²) in [5.74, 6) is -4.88. The van der Waals surface area contributed by atoms with E-state index in [1.165, 1.54) is 0 Å². The van der Waals surface area contributed by atoms with Crippen LogP contribution in [0.15, 0.2) is 0 Å². The third kappa shape index (κ3) is 8.80. The van der Waals surface area contributed by atoms with Crippen molar-refractivity contribution < 1.29 is 29.1 Å². The Bertz CT molecular complexity index is 603. The molecule has 0 bridgehead atoms. The van der Waals surface area contributed by atoms with Crippen LogP contribution in [0.4, 0.5) is 0 Å². The second-order valence-corrected chi connectivity index (χ2v) is 7.06. The van der Waals surface area contributed by atoms with Gasteiger partial charge in [-0.2, -0.15) is 25.3 Å². The van der Waals surface area contributed by atoms with E-state index in [4.69, 9.17) is 16.6 Å². The van der Waals surface area contributed by atoms with Gasteiger partial charge in [-0.3, -0.25) is 19.2 Å². The molecule has 0 aliphatic carbocycles. The molecule has 4 unspecified atom stereocenters. The molecule has 0 aromatic carbocycles. The van der Waals surface area contributed by atoms with Gasteiger partial charge in [0.25, 0.3) is 0 Å². The highest BCUT2D eigenvalue weighted by Crippen LogP contribution is 2.03. The van der Waals surface area contributed by atoms with Gasteiger partial charge in [0.2, 0.25) is 23.6 Å². The molecule has 13 heteroatoms. The predicted octanol–water partition coefficient (Wildman–Crippen LogP) is -2.76. The summed E-state index contributed by atoms with van der Waals surface area (Å²) in [5.41, 5.74) is 10.5. The third-order valence-corrected chi connectivity index (χ3v) is 4.35. The lowest BCUT2D eigenvalue weighted by atomic mass is 10.0. The van der Waals surface area contributed by atoms with Gasteiger partial charge < -0.3 is 32.5 Å². The normalized spacial score (nSPS) is 15.1. The number of carbonyl (C=O) groups excluding carboxylic acids is 4. The Labute approximate surface area is 173 Å². The van der Waals surface area contributed by atoms with E-state index in [9.17, 15) is 24.0 Å². The molecule has 0 rings (SSSR count). The first-order chi connectivity index (χ1) is 12.9. The molecule has 4 atom stereocenters. The van der Waals surface area contributed by atoms with Gasteiger partial charge in [-0.25, -0.2) is 4.79 Å². The molecule has 0 saturated heterocycles. The zero-order chi connectivity index (χ0) is 22.0. The van der Waals surface area contributed by atoms with Crippen LogP contribution in [0, 0.1) is 5.92 Å². The van der Waals surface area contributed by atoms with Crippen LogP contribution in [-0.2, 0) is 24.0 Å². The maximum atomic E-state index is 12.3. The average molecular weight is 438 g/mol. The number of hydrogen-bond acceptors (Lipinski definition) is 8. The van der Waals surface area contributed by atoms with Crippen LogP contribution in [-0.4, -0.2) is 70.4 Å². The van der Waals surface area contributed by atoms with Gasteiger partial charge in [0.15, 0.2) is 0 Å². The monoisotopic (exact) mass is 437 g/mol. The van der Waals surface area contributed by atoms with E-state index in [0.717, 1.165) is 0 Å². The van der Waals surface area contributed by atoms with Crippen LogP contribution in [0.1, 0.15) is 20.3 Å². The van der Waals surface area contributed by atoms with Gasteiger partial charge >= 0.3 is 5.97 Å². The number of nitrogens with one attached hydrogen (secondary N) is 3. The second kappa shape index (κ2) is 12.5. The highest BCUT2D eigenvalue weighted by atomic mass is 32.1. The van der Waals surface area contributed by atoms with Gasteiger partial charge in [0, 0.05) is 11.5 Å². The Balaban J connectivity index is 4.99. The molecule has 0 aromatic rings. The van der Waals surface area contributed by atoms with Crippen molar-refractivity contribution in [3.63, 3.8) is 0 Å². The molecule has 8 N–H and O–H groups in total. The molecule has 0 radical (unpaired) electrons. The van der Waals surface area contributed by atoms with Gasteiger partial charge in [0.1, 0.15) is 18.1 Å². The lowest BCUT2D eigenvalue weighted by Crippen LogP contribution is -2.58. The van der Waals surface area contributed by atoms with Crippen molar-refractivity contribution in [3.8, 4) is 0 Å². The van der Waals surface area contributed by atoms with Crippen molar-refractivity contribution in [2.75, 3.05) is 11.5 Å². The van der Waals surface area contributed by atoms with Crippen LogP contribution in [0.25, 0.3) is 0 Å². The first-order valence-corrected chi connectivity index (χ1v) is 9.60. The smallest absolute Gasteiger partial charge is 0.326 e. The molecular formula is C15H27N5O6S2. The zero-order valence-electron chi connectivity index (χ0n) is 15.5. The summed E-state index contributed by atoms with van der Waals surface area (Å²) in [6.07, 6.45) is -0.403. The minimum Gasteiger partial charge on any atom is -0.480 e. The maximum absolute atomic E-state index is 12.3. The lowest BCUT2D eigenvalue weighted by molar-refractivity contribution is -0.143. The number of hydrogen-bond donors (Lipinski definition) is 8. The minimum absolute atomic E-state index is 0.115. The fraction of sp³-hybridized carbons (Fsp3) is 0.667. The molecular weight excluding hydrogens is 410 g/mol. The minimum atomic E-state index is -1.24. The lowest BCUT2D eigenvalue weighted by Gasteiger charge is -2.24. The number of carboxylic acids is 1. The van der Waals surface area contributed by atoms with Crippen molar-refractivity contribution in [1.82, 2.24) is 16.0 Å². The number of nitrogens with two attached hydrogens (primary N) is 2. The van der Waals surface area contributed by atoms with E-state index in [1.54, 1.807) is 13.8 Å². The van der Waals surface area contributed by atoms with E-state index >= 15 is 0 Å². The molecule has 0 fully saturated rings. The maximum Gasteiger partial charge on any atom is 0.326 e. The summed E-state index contributed by atoms with van der Waals surface area (Å²) < 4.78 is 0. The van der Waals surface area contributed by atoms with E-state index < -0.39 is 60.2 Å². The van der Waals surface area contributed by atoms with Crippen LogP contribution >= 0.6 is 25.3 Å². The molecule has 0 aliphatic heterocycles. The fourth-order valence-electron chi connectivity index (χ4n) is 2.02. The number of amides is 4. The quantitative estimate of drug-likeness (QED) is 0.151. The molecule has 11 nitrogen and oxygen atoms in total. The SMILES string of the molecule is CC(C)C(NC(=O)C(CS)NC(=O)C(CS)NC(=O)C(N)CC(N)=O)C(=O)O. The predicted molar refractivity (Wildman–Crippen MR) is 108 cm³/mol. The molecule has 0 spiro atoms. The summed E-state index contributed by atoms with van der Waals surface area (Å²) in [6, 6.07) is -4.67. The Kier molecular flexibility index (Phi) is 11.6. The summed E-state index contributed by atoms with van der Waals surface area (Å²) >= 11 is 7.97. The summed E-state index contributed by atoms with van der Waals surface area (Å²) in [7, 11) is 0. The molecule has 0 aromatic heterocycles. The summed E-state index contributed by atoms with van der Waals surface area (Å²) in [5, 5.41) is 16.2. The first-order valence-electron chi connectivity index (χ1n) is 8.34. The van der Waals surface area contributed by atoms with Gasteiger partial charge in [-0.15, -0.1) is 0 Å². The number of primary amides is 1. The van der Waals surface area contributed by atoms with Gasteiger partial charge in [-0.1, -0.05) is 13.8 Å². The zero-order valence-corrected chi connectivity index (χ0v) is 17.3. The highest BCUT2D eigenvalue weighted by molar-refractivity contribution is 7.80. The van der Waals surface area contributed by atoms with Crippen molar-refractivity contribution >= 4 is 54.9 Å². The Morgan fingerprint density at radius 2 is 1.32 bits per heavy atom. The van der Waals surface area contributed by atoms with E-state index in [-0.39, 0.29) is 17.4 Å². The standard InChI is InChI=1S/C15H27N5O6S2/c1-6(2)11(15(25)26)20-14(24)9(5-28)19-13(23)8(4-27)18-12(22)7(16)3-10(17)21/h6-9,11,27-28H,3-5,16H2,1-2H3,(H2,17,21)(H,18,22)(H,19,23)(H,20,24)(H,25,26). The van der Waals surface area contributed by atoms with Crippen LogP contribution in [0.5, 0.6) is 0 Å². The van der Waals surface area contributed by atoms with Crippen LogP contribution < -0.4 is 27.4 Å². The molecule has 0 aliphatic rings. The molecule has 160 valence electrons. The van der Waals surface area contributed by atoms with E-state index in [1.807, 2.05) is 0 Å². The van der Waals surface area contributed by atoms with Crippen LogP contribution in [0.3, 0.4) is 0 Å². The van der Waals surface area contributed by atoms with Crippen molar-refractivity contribution in [2.24, 2.45) is 17.4 Å². The number of thiol groups is 2. The first kappa shape index (κ1) is 26.0. The molecule has 4 amide bonds. The Morgan fingerprint density at radius 1 is 0.893 bits per heavy atom. The number of rotatable bonds is 12. The number of carboxylic acid groups (broad SMARTS) is 1. The summed E-state index contributed by atoms with van der Waals surface area (Å²) in [6.45, 7) is 3.24. The van der Waals surface area contributed by atoms with Crippen molar-refractivity contribution in [1.29, 1.82) is 0 Å². The van der Waals surface area contributed by atoms with Crippen molar-refractivity contribution in [2.45, 2.75) is 44.4 Å². The average Bonchev–Trinajstić information content (AvgIpc) is 2.59.